The van der Waals surface area contributed by atoms with E-state index in [2.05, 4.69) is 36.8 Å². The highest BCUT2D eigenvalue weighted by atomic mass is 32.2. The number of aromatic nitrogens is 3. The molecule has 2 fully saturated rings. The molecule has 4 rings (SSSR count). The van der Waals surface area contributed by atoms with Gasteiger partial charge in [-0.1, -0.05) is 30.7 Å². The molecule has 28 heavy (non-hydrogen) atoms. The zero-order valence-corrected chi connectivity index (χ0v) is 17.5. The third kappa shape index (κ3) is 4.75. The number of hydrogen-bond acceptors (Lipinski definition) is 6. The van der Waals surface area contributed by atoms with Gasteiger partial charge in [-0.15, -0.1) is 21.5 Å². The van der Waals surface area contributed by atoms with Crippen molar-refractivity contribution in [2.75, 3.05) is 0 Å². The van der Waals surface area contributed by atoms with Crippen LogP contribution in [0.25, 0.3) is 0 Å². The van der Waals surface area contributed by atoms with Crippen LogP contribution in [0.1, 0.15) is 62.2 Å². The lowest BCUT2D eigenvalue weighted by molar-refractivity contribution is -0.119. The van der Waals surface area contributed by atoms with Gasteiger partial charge in [-0.2, -0.15) is 0 Å². The first-order valence-electron chi connectivity index (χ1n) is 9.84. The molecule has 2 aromatic rings. The van der Waals surface area contributed by atoms with E-state index in [1.807, 2.05) is 6.07 Å². The second-order valence-electron chi connectivity index (χ2n) is 7.46. The molecule has 0 saturated heterocycles. The molecule has 0 aromatic carbocycles. The average Bonchev–Trinajstić information content (AvgIpc) is 3.04. The second kappa shape index (κ2) is 8.65. The van der Waals surface area contributed by atoms with Gasteiger partial charge in [-0.25, -0.2) is 4.79 Å². The SMILES string of the molecule is C[C@@H](Sc1nnc(Cc2cccs2)n1C1CC1)C(=O)NC(=O)NC1CCCC1. The van der Waals surface area contributed by atoms with Crippen molar-refractivity contribution in [3.8, 4) is 0 Å². The summed E-state index contributed by atoms with van der Waals surface area (Å²) in [4.78, 5) is 25.7. The molecule has 7 nitrogen and oxygen atoms in total. The number of urea groups is 1. The molecular weight excluding hydrogens is 394 g/mol. The van der Waals surface area contributed by atoms with E-state index in [1.165, 1.54) is 16.6 Å². The number of imide groups is 1. The highest BCUT2D eigenvalue weighted by molar-refractivity contribution is 8.00. The molecule has 2 aromatic heterocycles. The minimum atomic E-state index is -0.425. The first-order chi connectivity index (χ1) is 13.6. The quantitative estimate of drug-likeness (QED) is 0.671. The Kier molecular flexibility index (Phi) is 6.01. The van der Waals surface area contributed by atoms with Crippen LogP contribution in [0.4, 0.5) is 4.79 Å². The van der Waals surface area contributed by atoms with E-state index in [0.29, 0.717) is 6.04 Å². The van der Waals surface area contributed by atoms with Crippen LogP contribution < -0.4 is 10.6 Å². The van der Waals surface area contributed by atoms with E-state index >= 15 is 0 Å². The minimum absolute atomic E-state index is 0.188. The molecule has 9 heteroatoms. The van der Waals surface area contributed by atoms with E-state index < -0.39 is 11.3 Å². The maximum atomic E-state index is 12.4. The predicted octanol–water partition coefficient (Wildman–Crippen LogP) is 3.51. The molecule has 3 amide bonds. The Hall–Kier alpha value is -1.87. The highest BCUT2D eigenvalue weighted by Gasteiger charge is 2.31. The van der Waals surface area contributed by atoms with E-state index in [-0.39, 0.29) is 11.9 Å². The van der Waals surface area contributed by atoms with Gasteiger partial charge in [0.15, 0.2) is 5.16 Å². The van der Waals surface area contributed by atoms with Gasteiger partial charge in [0, 0.05) is 23.4 Å². The zero-order valence-electron chi connectivity index (χ0n) is 15.9. The predicted molar refractivity (Wildman–Crippen MR) is 110 cm³/mol. The monoisotopic (exact) mass is 419 g/mol. The average molecular weight is 420 g/mol. The smallest absolute Gasteiger partial charge is 0.321 e. The summed E-state index contributed by atoms with van der Waals surface area (Å²) < 4.78 is 2.17. The zero-order chi connectivity index (χ0) is 19.5. The fourth-order valence-corrected chi connectivity index (χ4v) is 5.13. The van der Waals surface area contributed by atoms with Crippen LogP contribution in [-0.4, -0.2) is 38.0 Å². The number of carbonyl (C=O) groups excluding carboxylic acids is 2. The first-order valence-corrected chi connectivity index (χ1v) is 11.6. The highest BCUT2D eigenvalue weighted by Crippen LogP contribution is 2.40. The largest absolute Gasteiger partial charge is 0.335 e. The van der Waals surface area contributed by atoms with E-state index in [9.17, 15) is 9.59 Å². The lowest BCUT2D eigenvalue weighted by atomic mass is 10.2. The Balaban J connectivity index is 1.37. The lowest BCUT2D eigenvalue weighted by Crippen LogP contribution is -2.45. The number of rotatable bonds is 7. The number of carbonyl (C=O) groups is 2. The molecule has 0 radical (unpaired) electrons. The van der Waals surface area contributed by atoms with E-state index in [4.69, 9.17) is 0 Å². The molecule has 0 bridgehead atoms. The van der Waals surface area contributed by atoms with Crippen LogP contribution in [0.15, 0.2) is 22.7 Å². The van der Waals surface area contributed by atoms with Gasteiger partial charge >= 0.3 is 6.03 Å². The standard InChI is InChI=1S/C19H25N5O2S2/c1-12(17(25)21-18(26)20-13-5-2-3-6-13)28-19-23-22-16(24(19)14-8-9-14)11-15-7-4-10-27-15/h4,7,10,12-14H,2-3,5-6,8-9,11H2,1H3,(H2,20,21,25,26)/t12-/m1/s1. The van der Waals surface area contributed by atoms with Crippen LogP contribution in [0.3, 0.4) is 0 Å². The summed E-state index contributed by atoms with van der Waals surface area (Å²) in [5.41, 5.74) is 0. The maximum absolute atomic E-state index is 12.4. The first kappa shape index (κ1) is 19.4. The minimum Gasteiger partial charge on any atom is -0.335 e. The normalized spacial score (nSPS) is 18.2. The van der Waals surface area contributed by atoms with Gasteiger partial charge in [0.1, 0.15) is 5.82 Å². The summed E-state index contributed by atoms with van der Waals surface area (Å²) in [5.74, 6) is 0.643. The van der Waals surface area contributed by atoms with Gasteiger partial charge in [0.2, 0.25) is 5.91 Å². The van der Waals surface area contributed by atoms with Crippen molar-refractivity contribution in [1.29, 1.82) is 0 Å². The van der Waals surface area contributed by atoms with Crippen LogP contribution in [-0.2, 0) is 11.2 Å². The van der Waals surface area contributed by atoms with Crippen molar-refractivity contribution in [1.82, 2.24) is 25.4 Å². The molecule has 1 atom stereocenters. The molecule has 0 unspecified atom stereocenters. The van der Waals surface area contributed by atoms with E-state index in [0.717, 1.165) is 55.9 Å². The number of nitrogens with zero attached hydrogens (tertiary/aromatic N) is 3. The number of nitrogens with one attached hydrogen (secondary N) is 2. The summed E-state index contributed by atoms with van der Waals surface area (Å²) in [7, 11) is 0. The van der Waals surface area contributed by atoms with Crippen molar-refractivity contribution in [3.05, 3.63) is 28.2 Å². The molecule has 0 aliphatic heterocycles. The fourth-order valence-electron chi connectivity index (χ4n) is 3.49. The van der Waals surface area contributed by atoms with Crippen molar-refractivity contribution < 1.29 is 9.59 Å². The number of thioether (sulfide) groups is 1. The molecule has 2 heterocycles. The molecule has 150 valence electrons. The molecule has 0 spiro atoms. The summed E-state index contributed by atoms with van der Waals surface area (Å²) >= 11 is 3.08. The fraction of sp³-hybridized carbons (Fsp3) is 0.579. The Morgan fingerprint density at radius 2 is 2.07 bits per heavy atom. The Morgan fingerprint density at radius 3 is 2.75 bits per heavy atom. The molecule has 2 saturated carbocycles. The van der Waals surface area contributed by atoms with Crippen LogP contribution in [0.2, 0.25) is 0 Å². The molecule has 2 aliphatic rings. The number of amides is 3. The van der Waals surface area contributed by atoms with Gasteiger partial charge in [0.05, 0.1) is 5.25 Å². The number of hydrogen-bond donors (Lipinski definition) is 2. The van der Waals surface area contributed by atoms with Crippen molar-refractivity contribution in [2.45, 2.75) is 74.4 Å². The molecular formula is C19H25N5O2S2. The van der Waals surface area contributed by atoms with Crippen molar-refractivity contribution in [2.24, 2.45) is 0 Å². The van der Waals surface area contributed by atoms with Crippen molar-refractivity contribution in [3.63, 3.8) is 0 Å². The van der Waals surface area contributed by atoms with Crippen LogP contribution in [0, 0.1) is 0 Å². The van der Waals surface area contributed by atoms with Crippen LogP contribution in [0.5, 0.6) is 0 Å². The van der Waals surface area contributed by atoms with E-state index in [1.54, 1.807) is 18.3 Å². The summed E-state index contributed by atoms with van der Waals surface area (Å²) in [6, 6.07) is 4.35. The van der Waals surface area contributed by atoms with Gasteiger partial charge in [-0.3, -0.25) is 10.1 Å². The van der Waals surface area contributed by atoms with Gasteiger partial charge < -0.3 is 9.88 Å². The Morgan fingerprint density at radius 1 is 1.29 bits per heavy atom. The maximum Gasteiger partial charge on any atom is 0.321 e. The lowest BCUT2D eigenvalue weighted by Gasteiger charge is -2.15. The third-order valence-corrected chi connectivity index (χ3v) is 7.07. The van der Waals surface area contributed by atoms with Gasteiger partial charge in [0.25, 0.3) is 0 Å². The Bertz CT molecular complexity index is 826. The molecule has 2 N–H and O–H groups in total. The number of thiophene rings is 1. The molecule has 2 aliphatic carbocycles. The topological polar surface area (TPSA) is 88.9 Å². The summed E-state index contributed by atoms with van der Waals surface area (Å²) in [6.07, 6.45) is 7.24. The second-order valence-corrected chi connectivity index (χ2v) is 9.80. The van der Waals surface area contributed by atoms with Crippen molar-refractivity contribution >= 4 is 35.0 Å². The third-order valence-electron chi connectivity index (χ3n) is 5.14. The summed E-state index contributed by atoms with van der Waals surface area (Å²) in [6.45, 7) is 1.80. The van der Waals surface area contributed by atoms with Crippen LogP contribution >= 0.6 is 23.1 Å². The Labute approximate surface area is 172 Å². The van der Waals surface area contributed by atoms with Gasteiger partial charge in [-0.05, 0) is 44.1 Å². The summed E-state index contributed by atoms with van der Waals surface area (Å²) in [5, 5.41) is 16.5.